The minimum Gasteiger partial charge on any atom is -0.339 e. The number of carbonyl (C=O) groups is 2. The van der Waals surface area contributed by atoms with Gasteiger partial charge in [-0.1, -0.05) is 42.5 Å². The lowest BCUT2D eigenvalue weighted by molar-refractivity contribution is -0.132. The van der Waals surface area contributed by atoms with Crippen LogP contribution in [0.4, 0.5) is 0 Å². The van der Waals surface area contributed by atoms with Crippen molar-refractivity contribution >= 4 is 21.7 Å². The molecule has 1 aliphatic rings. The summed E-state index contributed by atoms with van der Waals surface area (Å²) in [6, 6.07) is 16.5. The number of piperazine rings is 1. The summed E-state index contributed by atoms with van der Waals surface area (Å²) >= 11 is 0. The largest absolute Gasteiger partial charge is 0.339 e. The number of carbonyl (C=O) groups excluding carboxylic acids is 2. The third-order valence-corrected chi connectivity index (χ3v) is 7.87. The topological polar surface area (TPSA) is 74.8 Å². The van der Waals surface area contributed by atoms with Crippen LogP contribution in [0.2, 0.25) is 0 Å². The van der Waals surface area contributed by atoms with Crippen molar-refractivity contribution in [1.29, 1.82) is 0 Å². The molecule has 2 amide bonds. The minimum absolute atomic E-state index is 0.0782. The van der Waals surface area contributed by atoms with Gasteiger partial charge in [0, 0.05) is 32.6 Å². The van der Waals surface area contributed by atoms with Crippen molar-refractivity contribution in [2.24, 2.45) is 0 Å². The molecule has 1 aliphatic heterocycles. The third-order valence-electron chi connectivity index (χ3n) is 5.66. The molecule has 0 saturated carbocycles. The van der Waals surface area contributed by atoms with Crippen LogP contribution in [0.15, 0.2) is 59.5 Å². The summed E-state index contributed by atoms with van der Waals surface area (Å²) in [4.78, 5) is 29.1. The van der Waals surface area contributed by atoms with Gasteiger partial charge in [0.1, 0.15) is 0 Å². The summed E-state index contributed by atoms with van der Waals surface area (Å²) in [6.45, 7) is 4.96. The minimum atomic E-state index is -3.56. The Morgan fingerprint density at radius 3 is 2.10 bits per heavy atom. The summed E-state index contributed by atoms with van der Waals surface area (Å²) in [5, 5.41) is -0.605. The van der Waals surface area contributed by atoms with E-state index in [1.54, 1.807) is 41.8 Å². The Morgan fingerprint density at radius 1 is 0.871 bits per heavy atom. The van der Waals surface area contributed by atoms with Gasteiger partial charge in [-0.05, 0) is 44.4 Å². The number of aryl methyl sites for hydroxylation is 1. The van der Waals surface area contributed by atoms with Crippen LogP contribution in [-0.2, 0) is 21.1 Å². The average Bonchev–Trinajstić information content (AvgIpc) is 2.79. The Kier molecular flexibility index (Phi) is 7.49. The Balaban J connectivity index is 1.56. The quantitative estimate of drug-likeness (QED) is 0.660. The zero-order chi connectivity index (χ0) is 22.4. The lowest BCUT2D eigenvalue weighted by Gasteiger charge is -2.35. The van der Waals surface area contributed by atoms with E-state index in [4.69, 9.17) is 0 Å². The van der Waals surface area contributed by atoms with E-state index >= 15 is 0 Å². The first kappa shape index (κ1) is 23.0. The molecule has 31 heavy (non-hydrogen) atoms. The molecule has 7 heteroatoms. The zero-order valence-corrected chi connectivity index (χ0v) is 19.0. The molecule has 0 radical (unpaired) electrons. The SMILES string of the molecule is CC(C)S(=O)(=O)c1ccccc1C(=O)N1CCN(C(=O)CCCc2ccccc2)CC1. The summed E-state index contributed by atoms with van der Waals surface area (Å²) in [6.07, 6.45) is 2.15. The van der Waals surface area contributed by atoms with E-state index in [-0.39, 0.29) is 22.3 Å². The molecule has 1 fully saturated rings. The third kappa shape index (κ3) is 5.53. The first-order valence-corrected chi connectivity index (χ1v) is 12.3. The van der Waals surface area contributed by atoms with Gasteiger partial charge < -0.3 is 9.80 Å². The van der Waals surface area contributed by atoms with Gasteiger partial charge in [0.2, 0.25) is 5.91 Å². The number of hydrogen-bond acceptors (Lipinski definition) is 4. The van der Waals surface area contributed by atoms with Crippen molar-refractivity contribution in [3.8, 4) is 0 Å². The number of amides is 2. The molecule has 2 aromatic carbocycles. The van der Waals surface area contributed by atoms with Crippen molar-refractivity contribution in [3.63, 3.8) is 0 Å². The molecule has 0 atom stereocenters. The second-order valence-electron chi connectivity index (χ2n) is 8.10. The monoisotopic (exact) mass is 442 g/mol. The van der Waals surface area contributed by atoms with Gasteiger partial charge in [-0.25, -0.2) is 8.42 Å². The van der Waals surface area contributed by atoms with Crippen LogP contribution >= 0.6 is 0 Å². The Bertz CT molecular complexity index is 1010. The standard InChI is InChI=1S/C24H30N2O4S/c1-19(2)31(29,30)22-13-7-6-12-21(22)24(28)26-17-15-25(16-18-26)23(27)14-8-11-20-9-4-3-5-10-20/h3-7,9-10,12-13,19H,8,11,14-18H2,1-2H3. The van der Waals surface area contributed by atoms with Gasteiger partial charge in [0.25, 0.3) is 5.91 Å². The van der Waals surface area contributed by atoms with E-state index in [2.05, 4.69) is 12.1 Å². The van der Waals surface area contributed by atoms with Crippen molar-refractivity contribution in [1.82, 2.24) is 9.80 Å². The number of hydrogen-bond donors (Lipinski definition) is 0. The van der Waals surface area contributed by atoms with E-state index in [0.29, 0.717) is 32.6 Å². The van der Waals surface area contributed by atoms with E-state index < -0.39 is 15.1 Å². The fraction of sp³-hybridized carbons (Fsp3) is 0.417. The number of nitrogens with zero attached hydrogens (tertiary/aromatic N) is 2. The average molecular weight is 443 g/mol. The Morgan fingerprint density at radius 2 is 1.45 bits per heavy atom. The normalized spacial score (nSPS) is 14.7. The fourth-order valence-corrected chi connectivity index (χ4v) is 4.96. The predicted molar refractivity (Wildman–Crippen MR) is 121 cm³/mol. The maximum Gasteiger partial charge on any atom is 0.255 e. The number of sulfone groups is 1. The molecule has 0 aliphatic carbocycles. The molecule has 1 saturated heterocycles. The Hall–Kier alpha value is -2.67. The molecule has 3 rings (SSSR count). The summed E-state index contributed by atoms with van der Waals surface area (Å²) in [5.74, 6) is -0.193. The van der Waals surface area contributed by atoms with Crippen LogP contribution in [-0.4, -0.2) is 61.5 Å². The van der Waals surface area contributed by atoms with E-state index in [1.807, 2.05) is 18.2 Å². The van der Waals surface area contributed by atoms with Crippen molar-refractivity contribution in [2.75, 3.05) is 26.2 Å². The van der Waals surface area contributed by atoms with Gasteiger partial charge in [-0.3, -0.25) is 9.59 Å². The molecule has 166 valence electrons. The lowest BCUT2D eigenvalue weighted by atomic mass is 10.1. The van der Waals surface area contributed by atoms with Gasteiger partial charge in [0.15, 0.2) is 9.84 Å². The molecule has 2 aromatic rings. The van der Waals surface area contributed by atoms with Crippen LogP contribution < -0.4 is 0 Å². The highest BCUT2D eigenvalue weighted by atomic mass is 32.2. The predicted octanol–water partition coefficient (Wildman–Crippen LogP) is 3.18. The summed E-state index contributed by atoms with van der Waals surface area (Å²) in [7, 11) is -3.56. The molecular weight excluding hydrogens is 412 g/mol. The fourth-order valence-electron chi connectivity index (χ4n) is 3.72. The first-order valence-electron chi connectivity index (χ1n) is 10.7. The van der Waals surface area contributed by atoms with Crippen LogP contribution in [0.1, 0.15) is 42.6 Å². The molecule has 1 heterocycles. The highest BCUT2D eigenvalue weighted by Crippen LogP contribution is 2.22. The maximum absolute atomic E-state index is 13.1. The van der Waals surface area contributed by atoms with Crippen LogP contribution in [0.5, 0.6) is 0 Å². The molecule has 6 nitrogen and oxygen atoms in total. The first-order chi connectivity index (χ1) is 14.8. The van der Waals surface area contributed by atoms with Gasteiger partial charge in [-0.15, -0.1) is 0 Å². The van der Waals surface area contributed by atoms with Crippen LogP contribution in [0.3, 0.4) is 0 Å². The molecule has 0 N–H and O–H groups in total. The van der Waals surface area contributed by atoms with Gasteiger partial charge in [-0.2, -0.15) is 0 Å². The van der Waals surface area contributed by atoms with Crippen LogP contribution in [0, 0.1) is 0 Å². The highest BCUT2D eigenvalue weighted by Gasteiger charge is 2.30. The molecule has 0 bridgehead atoms. The summed E-state index contributed by atoms with van der Waals surface area (Å²) in [5.41, 5.74) is 1.43. The van der Waals surface area contributed by atoms with Crippen molar-refractivity contribution in [3.05, 3.63) is 65.7 Å². The van der Waals surface area contributed by atoms with E-state index in [9.17, 15) is 18.0 Å². The molecular formula is C24H30N2O4S. The zero-order valence-electron chi connectivity index (χ0n) is 18.2. The van der Waals surface area contributed by atoms with Gasteiger partial charge >= 0.3 is 0 Å². The molecule has 0 spiro atoms. The van der Waals surface area contributed by atoms with E-state index in [1.165, 1.54) is 11.6 Å². The summed E-state index contributed by atoms with van der Waals surface area (Å²) < 4.78 is 25.3. The number of benzene rings is 2. The van der Waals surface area contributed by atoms with Crippen molar-refractivity contribution < 1.29 is 18.0 Å². The molecule has 0 unspecified atom stereocenters. The number of rotatable bonds is 7. The highest BCUT2D eigenvalue weighted by molar-refractivity contribution is 7.92. The van der Waals surface area contributed by atoms with E-state index in [0.717, 1.165) is 12.8 Å². The lowest BCUT2D eigenvalue weighted by Crippen LogP contribution is -2.50. The smallest absolute Gasteiger partial charge is 0.255 e. The van der Waals surface area contributed by atoms with Crippen molar-refractivity contribution in [2.45, 2.75) is 43.3 Å². The second-order valence-corrected chi connectivity index (χ2v) is 10.6. The van der Waals surface area contributed by atoms with Crippen LogP contribution in [0.25, 0.3) is 0 Å². The van der Waals surface area contributed by atoms with Gasteiger partial charge in [0.05, 0.1) is 15.7 Å². The molecule has 0 aromatic heterocycles. The second kappa shape index (κ2) is 10.1. The maximum atomic E-state index is 13.1. The Labute approximate surface area is 184 Å².